The van der Waals surface area contributed by atoms with Gasteiger partial charge in [0.05, 0.1) is 4.92 Å². The lowest BCUT2D eigenvalue weighted by Gasteiger charge is -2.19. The molecular formula is C11H13NO5. The van der Waals surface area contributed by atoms with E-state index in [0.717, 1.165) is 0 Å². The molecule has 0 radical (unpaired) electrons. The lowest BCUT2D eigenvalue weighted by atomic mass is 10.0. The van der Waals surface area contributed by atoms with E-state index >= 15 is 0 Å². The summed E-state index contributed by atoms with van der Waals surface area (Å²) in [7, 11) is 1.32. The number of carbonyl (C=O) groups is 1. The minimum atomic E-state index is -1.13. The number of non-ortho nitro benzene ring substituents is 1. The summed E-state index contributed by atoms with van der Waals surface area (Å²) in [4.78, 5) is 21.1. The lowest BCUT2D eigenvalue weighted by Crippen LogP contribution is -2.28. The van der Waals surface area contributed by atoms with Crippen LogP contribution in [0.3, 0.4) is 0 Å². The lowest BCUT2D eigenvalue weighted by molar-refractivity contribution is -0.384. The van der Waals surface area contributed by atoms with Crippen molar-refractivity contribution in [2.24, 2.45) is 0 Å². The highest BCUT2D eigenvalue weighted by Gasteiger charge is 2.25. The number of methoxy groups -OCH3 is 1. The summed E-state index contributed by atoms with van der Waals surface area (Å²) < 4.78 is 4.87. The van der Waals surface area contributed by atoms with Gasteiger partial charge in [0.2, 0.25) is 0 Å². The van der Waals surface area contributed by atoms with E-state index in [9.17, 15) is 20.0 Å². The van der Waals surface area contributed by atoms with E-state index in [0.29, 0.717) is 5.56 Å². The van der Waals surface area contributed by atoms with Gasteiger partial charge in [-0.25, -0.2) is 0 Å². The molecule has 0 unspecified atom stereocenters. The Hall–Kier alpha value is -1.79. The van der Waals surface area contributed by atoms with Crippen LogP contribution in [0.25, 0.3) is 0 Å². The minimum absolute atomic E-state index is 0.0715. The molecule has 1 aromatic rings. The second-order valence-electron chi connectivity index (χ2n) is 3.56. The number of nitro groups is 1. The second kappa shape index (κ2) is 5.51. The molecule has 0 saturated heterocycles. The van der Waals surface area contributed by atoms with Crippen LogP contribution in [0.2, 0.25) is 0 Å². The normalized spacial score (nSPS) is 14.1. The Balaban J connectivity index is 2.92. The molecule has 0 saturated carbocycles. The van der Waals surface area contributed by atoms with E-state index in [-0.39, 0.29) is 11.5 Å². The maximum Gasteiger partial charge on any atom is 0.269 e. The molecule has 6 nitrogen and oxygen atoms in total. The van der Waals surface area contributed by atoms with Gasteiger partial charge in [0.15, 0.2) is 5.78 Å². The molecule has 0 amide bonds. The number of rotatable bonds is 5. The third-order valence-corrected chi connectivity index (χ3v) is 2.39. The van der Waals surface area contributed by atoms with E-state index in [2.05, 4.69) is 0 Å². The Morgan fingerprint density at radius 3 is 2.29 bits per heavy atom. The smallest absolute Gasteiger partial charge is 0.269 e. The molecule has 0 heterocycles. The van der Waals surface area contributed by atoms with E-state index < -0.39 is 17.1 Å². The number of ketones is 1. The summed E-state index contributed by atoms with van der Waals surface area (Å²) in [6.07, 6.45) is -2.09. The van der Waals surface area contributed by atoms with E-state index in [1.165, 1.54) is 38.3 Å². The summed E-state index contributed by atoms with van der Waals surface area (Å²) in [5, 5.41) is 20.3. The number of benzene rings is 1. The maximum atomic E-state index is 11.2. The van der Waals surface area contributed by atoms with Crippen molar-refractivity contribution >= 4 is 11.5 Å². The second-order valence-corrected chi connectivity index (χ2v) is 3.56. The molecule has 17 heavy (non-hydrogen) atoms. The summed E-state index contributed by atoms with van der Waals surface area (Å²) >= 11 is 0. The molecule has 0 bridgehead atoms. The zero-order chi connectivity index (χ0) is 13.0. The quantitative estimate of drug-likeness (QED) is 0.616. The van der Waals surface area contributed by atoms with Crippen LogP contribution in [-0.2, 0) is 9.53 Å². The first-order valence-corrected chi connectivity index (χ1v) is 4.93. The molecule has 0 aliphatic carbocycles. The topological polar surface area (TPSA) is 89.7 Å². The average molecular weight is 239 g/mol. The van der Waals surface area contributed by atoms with Crippen LogP contribution >= 0.6 is 0 Å². The Morgan fingerprint density at radius 1 is 1.41 bits per heavy atom. The predicted octanol–water partition coefficient (Wildman–Crippen LogP) is 1.23. The monoisotopic (exact) mass is 239 g/mol. The molecular weight excluding hydrogens is 226 g/mol. The molecule has 0 aliphatic heterocycles. The standard InChI is InChI=1S/C11H13NO5/c1-7(13)11(17-2)10(14)8-3-5-9(6-4-8)12(15)16/h3-6,10-11,14H,1-2H3/t10-,11+/m0/s1. The fraction of sp³-hybridized carbons (Fsp3) is 0.364. The number of hydrogen-bond donors (Lipinski definition) is 1. The van der Waals surface area contributed by atoms with Gasteiger partial charge in [-0.1, -0.05) is 0 Å². The molecule has 2 atom stereocenters. The first-order valence-electron chi connectivity index (χ1n) is 4.93. The molecule has 92 valence electrons. The molecule has 1 rings (SSSR count). The third kappa shape index (κ3) is 3.08. The van der Waals surface area contributed by atoms with Crippen LogP contribution in [0.15, 0.2) is 24.3 Å². The average Bonchev–Trinajstić information content (AvgIpc) is 2.29. The van der Waals surface area contributed by atoms with Crippen molar-refractivity contribution in [3.63, 3.8) is 0 Å². The SMILES string of the molecule is CO[C@H](C(C)=O)[C@@H](O)c1ccc([N+](=O)[O-])cc1. The number of carbonyl (C=O) groups excluding carboxylic acids is 1. The summed E-state index contributed by atoms with van der Waals surface area (Å²) in [5.41, 5.74) is 0.329. The van der Waals surface area contributed by atoms with Gasteiger partial charge in [0.1, 0.15) is 12.2 Å². The van der Waals surface area contributed by atoms with Gasteiger partial charge in [-0.3, -0.25) is 14.9 Å². The number of ether oxygens (including phenoxy) is 1. The first-order chi connectivity index (χ1) is 7.97. The van der Waals surface area contributed by atoms with Crippen LogP contribution in [0, 0.1) is 10.1 Å². The number of aliphatic hydroxyl groups is 1. The van der Waals surface area contributed by atoms with Crippen LogP contribution in [0.4, 0.5) is 5.69 Å². The van der Waals surface area contributed by atoms with Gasteiger partial charge >= 0.3 is 0 Å². The zero-order valence-corrected chi connectivity index (χ0v) is 9.49. The summed E-state index contributed by atoms with van der Waals surface area (Å²) in [5.74, 6) is -0.307. The molecule has 1 aromatic carbocycles. The number of nitrogens with zero attached hydrogens (tertiary/aromatic N) is 1. The van der Waals surface area contributed by atoms with Crippen molar-refractivity contribution in [1.29, 1.82) is 0 Å². The molecule has 0 aromatic heterocycles. The fourth-order valence-corrected chi connectivity index (χ4v) is 1.49. The number of hydrogen-bond acceptors (Lipinski definition) is 5. The minimum Gasteiger partial charge on any atom is -0.385 e. The van der Waals surface area contributed by atoms with Gasteiger partial charge in [0, 0.05) is 19.2 Å². The fourth-order valence-electron chi connectivity index (χ4n) is 1.49. The van der Waals surface area contributed by atoms with E-state index in [1.807, 2.05) is 0 Å². The van der Waals surface area contributed by atoms with E-state index in [4.69, 9.17) is 4.74 Å². The Morgan fingerprint density at radius 2 is 1.94 bits per heavy atom. The third-order valence-electron chi connectivity index (χ3n) is 2.39. The van der Waals surface area contributed by atoms with Gasteiger partial charge < -0.3 is 9.84 Å². The first kappa shape index (κ1) is 13.3. The Labute approximate surface area is 98.0 Å². The molecule has 1 N–H and O–H groups in total. The Kier molecular flexibility index (Phi) is 4.30. The van der Waals surface area contributed by atoms with Crippen LogP contribution < -0.4 is 0 Å². The van der Waals surface area contributed by atoms with Gasteiger partial charge in [-0.05, 0) is 24.6 Å². The predicted molar refractivity (Wildman–Crippen MR) is 59.5 cm³/mol. The van der Waals surface area contributed by atoms with Gasteiger partial charge in [-0.2, -0.15) is 0 Å². The van der Waals surface area contributed by atoms with Crippen LogP contribution in [0.1, 0.15) is 18.6 Å². The van der Waals surface area contributed by atoms with Crippen molar-refractivity contribution in [3.05, 3.63) is 39.9 Å². The molecule has 0 aliphatic rings. The van der Waals surface area contributed by atoms with E-state index in [1.54, 1.807) is 0 Å². The van der Waals surface area contributed by atoms with Crippen molar-refractivity contribution in [3.8, 4) is 0 Å². The molecule has 0 spiro atoms. The number of nitro benzene ring substituents is 1. The van der Waals surface area contributed by atoms with Gasteiger partial charge in [-0.15, -0.1) is 0 Å². The highest BCUT2D eigenvalue weighted by atomic mass is 16.6. The van der Waals surface area contributed by atoms with Crippen LogP contribution in [-0.4, -0.2) is 29.0 Å². The maximum absolute atomic E-state index is 11.2. The molecule has 0 fully saturated rings. The number of aliphatic hydroxyl groups excluding tert-OH is 1. The van der Waals surface area contributed by atoms with Crippen molar-refractivity contribution in [2.45, 2.75) is 19.1 Å². The van der Waals surface area contributed by atoms with Crippen molar-refractivity contribution in [2.75, 3.05) is 7.11 Å². The summed E-state index contributed by atoms with van der Waals surface area (Å²) in [6.45, 7) is 1.31. The highest BCUT2D eigenvalue weighted by Crippen LogP contribution is 2.22. The van der Waals surface area contributed by atoms with Crippen molar-refractivity contribution < 1.29 is 19.6 Å². The molecule has 6 heteroatoms. The van der Waals surface area contributed by atoms with Gasteiger partial charge in [0.25, 0.3) is 5.69 Å². The zero-order valence-electron chi connectivity index (χ0n) is 9.49. The number of Topliss-reactive ketones (excluding diaryl/α,β-unsaturated/α-hetero) is 1. The van der Waals surface area contributed by atoms with Crippen LogP contribution in [0.5, 0.6) is 0 Å². The summed E-state index contributed by atoms with van der Waals surface area (Å²) in [6, 6.07) is 5.34. The van der Waals surface area contributed by atoms with Crippen molar-refractivity contribution in [1.82, 2.24) is 0 Å². The Bertz CT molecular complexity index is 414. The largest absolute Gasteiger partial charge is 0.385 e. The highest BCUT2D eigenvalue weighted by molar-refractivity contribution is 5.81.